The van der Waals surface area contributed by atoms with E-state index in [-0.39, 0.29) is 11.5 Å². The molecule has 3 heteroatoms. The average molecular weight is 223 g/mol. The van der Waals surface area contributed by atoms with Gasteiger partial charge in [0.2, 0.25) is 0 Å². The molecule has 0 fully saturated rings. The Morgan fingerprint density at radius 1 is 1.00 bits per heavy atom. The fourth-order valence-corrected chi connectivity index (χ4v) is 1.51. The first-order chi connectivity index (χ1) is 7.38. The monoisotopic (exact) mass is 223 g/mol. The Balaban J connectivity index is 3.13. The summed E-state index contributed by atoms with van der Waals surface area (Å²) in [5.74, 6) is 1.54. The molecule has 0 saturated heterocycles. The zero-order valence-corrected chi connectivity index (χ0v) is 10.7. The van der Waals surface area contributed by atoms with E-state index >= 15 is 0 Å². The van der Waals surface area contributed by atoms with Crippen LogP contribution in [0, 0.1) is 5.41 Å². The second-order valence-corrected chi connectivity index (χ2v) is 4.99. The predicted octanol–water partition coefficient (Wildman–Crippen LogP) is 2.75. The molecule has 1 unspecified atom stereocenters. The molecule has 0 spiro atoms. The Labute approximate surface area is 97.6 Å². The van der Waals surface area contributed by atoms with Gasteiger partial charge in [-0.15, -0.1) is 0 Å². The van der Waals surface area contributed by atoms with Crippen molar-refractivity contribution in [3.8, 4) is 11.5 Å². The number of hydrogen-bond acceptors (Lipinski definition) is 3. The molecule has 1 aromatic carbocycles. The summed E-state index contributed by atoms with van der Waals surface area (Å²) in [6.07, 6.45) is 0. The van der Waals surface area contributed by atoms with E-state index in [9.17, 15) is 0 Å². The van der Waals surface area contributed by atoms with Gasteiger partial charge in [-0.1, -0.05) is 20.8 Å². The fourth-order valence-electron chi connectivity index (χ4n) is 1.51. The topological polar surface area (TPSA) is 44.5 Å². The molecule has 0 saturated carbocycles. The van der Waals surface area contributed by atoms with Crippen molar-refractivity contribution in [3.63, 3.8) is 0 Å². The van der Waals surface area contributed by atoms with Gasteiger partial charge in [-0.3, -0.25) is 0 Å². The molecule has 0 bridgehead atoms. The van der Waals surface area contributed by atoms with Gasteiger partial charge in [0.15, 0.2) is 0 Å². The molecule has 1 aromatic rings. The molecule has 0 radical (unpaired) electrons. The van der Waals surface area contributed by atoms with Crippen LogP contribution in [0.5, 0.6) is 11.5 Å². The van der Waals surface area contributed by atoms with Crippen LogP contribution in [-0.2, 0) is 0 Å². The van der Waals surface area contributed by atoms with Gasteiger partial charge in [0.1, 0.15) is 11.5 Å². The Morgan fingerprint density at radius 2 is 1.44 bits per heavy atom. The van der Waals surface area contributed by atoms with Crippen molar-refractivity contribution in [1.82, 2.24) is 0 Å². The molecule has 0 aliphatic rings. The predicted molar refractivity (Wildman–Crippen MR) is 65.9 cm³/mol. The molecule has 3 nitrogen and oxygen atoms in total. The molecular weight excluding hydrogens is 202 g/mol. The molecule has 16 heavy (non-hydrogen) atoms. The van der Waals surface area contributed by atoms with E-state index in [4.69, 9.17) is 15.2 Å². The maximum Gasteiger partial charge on any atom is 0.122 e. The first-order valence-corrected chi connectivity index (χ1v) is 5.37. The van der Waals surface area contributed by atoms with Crippen molar-refractivity contribution in [3.05, 3.63) is 23.8 Å². The highest BCUT2D eigenvalue weighted by molar-refractivity contribution is 5.40. The largest absolute Gasteiger partial charge is 0.497 e. The summed E-state index contributed by atoms with van der Waals surface area (Å²) in [5.41, 5.74) is 7.25. The third-order valence-corrected chi connectivity index (χ3v) is 2.67. The van der Waals surface area contributed by atoms with Gasteiger partial charge in [-0.05, 0) is 23.1 Å². The van der Waals surface area contributed by atoms with Gasteiger partial charge in [0.05, 0.1) is 14.2 Å². The number of nitrogens with two attached hydrogens (primary N) is 1. The highest BCUT2D eigenvalue weighted by Crippen LogP contribution is 2.34. The molecule has 1 atom stereocenters. The van der Waals surface area contributed by atoms with Gasteiger partial charge < -0.3 is 15.2 Å². The molecule has 2 N–H and O–H groups in total. The summed E-state index contributed by atoms with van der Waals surface area (Å²) in [4.78, 5) is 0. The molecule has 0 aliphatic heterocycles. The zero-order valence-electron chi connectivity index (χ0n) is 10.7. The Kier molecular flexibility index (Phi) is 3.81. The fraction of sp³-hybridized carbons (Fsp3) is 0.538. The van der Waals surface area contributed by atoms with Crippen LogP contribution in [0.2, 0.25) is 0 Å². The van der Waals surface area contributed by atoms with Crippen molar-refractivity contribution in [2.75, 3.05) is 14.2 Å². The van der Waals surface area contributed by atoms with Crippen molar-refractivity contribution in [2.45, 2.75) is 26.8 Å². The molecule has 0 aromatic heterocycles. The molecular formula is C13H21NO2. The van der Waals surface area contributed by atoms with Gasteiger partial charge in [0, 0.05) is 12.1 Å². The van der Waals surface area contributed by atoms with Crippen molar-refractivity contribution in [2.24, 2.45) is 11.1 Å². The second kappa shape index (κ2) is 4.74. The first-order valence-electron chi connectivity index (χ1n) is 5.37. The van der Waals surface area contributed by atoms with Gasteiger partial charge >= 0.3 is 0 Å². The third-order valence-electron chi connectivity index (χ3n) is 2.67. The van der Waals surface area contributed by atoms with Crippen molar-refractivity contribution >= 4 is 0 Å². The van der Waals surface area contributed by atoms with E-state index in [0.29, 0.717) is 0 Å². The quantitative estimate of drug-likeness (QED) is 0.857. The number of benzene rings is 1. The van der Waals surface area contributed by atoms with Gasteiger partial charge in [-0.25, -0.2) is 0 Å². The summed E-state index contributed by atoms with van der Waals surface area (Å²) in [6, 6.07) is 5.71. The Bertz CT molecular complexity index is 333. The molecule has 0 amide bonds. The van der Waals surface area contributed by atoms with E-state index in [0.717, 1.165) is 17.1 Å². The lowest BCUT2D eigenvalue weighted by Crippen LogP contribution is -2.26. The van der Waals surface area contributed by atoms with Gasteiger partial charge in [-0.2, -0.15) is 0 Å². The summed E-state index contributed by atoms with van der Waals surface area (Å²) in [7, 11) is 3.28. The summed E-state index contributed by atoms with van der Waals surface area (Å²) >= 11 is 0. The number of hydrogen-bond donors (Lipinski definition) is 1. The van der Waals surface area contributed by atoms with Crippen molar-refractivity contribution in [1.29, 1.82) is 0 Å². The van der Waals surface area contributed by atoms with Crippen LogP contribution in [-0.4, -0.2) is 14.2 Å². The highest BCUT2D eigenvalue weighted by Gasteiger charge is 2.23. The van der Waals surface area contributed by atoms with Crippen molar-refractivity contribution < 1.29 is 9.47 Å². The lowest BCUT2D eigenvalue weighted by Gasteiger charge is -2.27. The molecule has 90 valence electrons. The maximum atomic E-state index is 6.21. The molecule has 1 rings (SSSR count). The summed E-state index contributed by atoms with van der Waals surface area (Å²) in [5, 5.41) is 0. The molecule has 0 aliphatic carbocycles. The van der Waals surface area contributed by atoms with Crippen LogP contribution in [0.25, 0.3) is 0 Å². The van der Waals surface area contributed by atoms with Crippen LogP contribution in [0.4, 0.5) is 0 Å². The third kappa shape index (κ3) is 2.89. The standard InChI is InChI=1S/C13H21NO2/c1-13(2,3)12(14)9-6-10(15-4)8-11(7-9)16-5/h6-8,12H,14H2,1-5H3. The van der Waals surface area contributed by atoms with Crippen LogP contribution in [0.1, 0.15) is 32.4 Å². The van der Waals surface area contributed by atoms with Gasteiger partial charge in [0.25, 0.3) is 0 Å². The number of methoxy groups -OCH3 is 2. The number of ether oxygens (including phenoxy) is 2. The van der Waals surface area contributed by atoms with E-state index in [2.05, 4.69) is 20.8 Å². The maximum absolute atomic E-state index is 6.21. The smallest absolute Gasteiger partial charge is 0.122 e. The zero-order chi connectivity index (χ0) is 12.3. The molecule has 0 heterocycles. The van der Waals surface area contributed by atoms with Crippen LogP contribution >= 0.6 is 0 Å². The van der Waals surface area contributed by atoms with E-state index in [1.807, 2.05) is 18.2 Å². The summed E-state index contributed by atoms with van der Waals surface area (Å²) < 4.78 is 10.4. The van der Waals surface area contributed by atoms with E-state index < -0.39 is 0 Å². The lowest BCUT2D eigenvalue weighted by atomic mass is 9.83. The minimum atomic E-state index is -0.0449. The summed E-state index contributed by atoms with van der Waals surface area (Å²) in [6.45, 7) is 6.34. The highest BCUT2D eigenvalue weighted by atomic mass is 16.5. The van der Waals surface area contributed by atoms with E-state index in [1.54, 1.807) is 14.2 Å². The normalized spacial score (nSPS) is 13.4. The minimum absolute atomic E-state index is 0.0113. The lowest BCUT2D eigenvalue weighted by molar-refractivity contribution is 0.323. The number of rotatable bonds is 3. The Hall–Kier alpha value is -1.22. The SMILES string of the molecule is COc1cc(OC)cc(C(N)C(C)(C)C)c1. The average Bonchev–Trinajstić information content (AvgIpc) is 2.26. The second-order valence-electron chi connectivity index (χ2n) is 4.99. The minimum Gasteiger partial charge on any atom is -0.497 e. The van der Waals surface area contributed by atoms with Crippen LogP contribution in [0.3, 0.4) is 0 Å². The first kappa shape index (κ1) is 12.8. The Morgan fingerprint density at radius 3 is 1.75 bits per heavy atom. The van der Waals surface area contributed by atoms with E-state index in [1.165, 1.54) is 0 Å². The van der Waals surface area contributed by atoms with Crippen LogP contribution in [0.15, 0.2) is 18.2 Å². The van der Waals surface area contributed by atoms with Crippen LogP contribution < -0.4 is 15.2 Å².